The van der Waals surface area contributed by atoms with Gasteiger partial charge in [0.2, 0.25) is 0 Å². The highest BCUT2D eigenvalue weighted by molar-refractivity contribution is 7.64. The molecule has 5 aromatic rings. The van der Waals surface area contributed by atoms with E-state index in [1.165, 1.54) is 26.4 Å². The first-order valence-corrected chi connectivity index (χ1v) is 19.9. The van der Waals surface area contributed by atoms with Crippen molar-refractivity contribution in [2.24, 2.45) is 0 Å². The number of aryl methyl sites for hydroxylation is 1. The number of hydrogen-bond donors (Lipinski definition) is 0. The van der Waals surface area contributed by atoms with E-state index in [-0.39, 0.29) is 23.4 Å². The molecule has 0 aliphatic rings. The summed E-state index contributed by atoms with van der Waals surface area (Å²) >= 11 is 0. The highest BCUT2D eigenvalue weighted by Crippen LogP contribution is 2.48. The van der Waals surface area contributed by atoms with Crippen molar-refractivity contribution < 1.29 is 27.4 Å². The van der Waals surface area contributed by atoms with Crippen LogP contribution in [0.1, 0.15) is 38.3 Å². The SMILES string of the molecule is COC(=O)C[C@@H](CP(=O)(C#Cc1c(C)cc2ccccc2c1-c1ccc(F)cc1)OC)O[Si](c1ccccc1)(c1ccccc1)C(C)(C)C. The smallest absolute Gasteiger partial charge is 0.308 e. The number of benzene rings is 5. The van der Waals surface area contributed by atoms with Crippen molar-refractivity contribution in [3.05, 3.63) is 132 Å². The largest absolute Gasteiger partial charge is 0.469 e. The maximum atomic E-state index is 14.6. The van der Waals surface area contributed by atoms with Crippen LogP contribution in [0.15, 0.2) is 115 Å². The quantitative estimate of drug-likeness (QED) is 0.0635. The predicted octanol–water partition coefficient (Wildman–Crippen LogP) is 8.70. The van der Waals surface area contributed by atoms with E-state index in [9.17, 15) is 13.8 Å². The van der Waals surface area contributed by atoms with Crippen LogP contribution >= 0.6 is 7.37 Å². The van der Waals surface area contributed by atoms with Gasteiger partial charge in [0.1, 0.15) is 5.82 Å². The minimum Gasteiger partial charge on any atom is -0.469 e. The molecule has 2 atom stereocenters. The number of esters is 1. The van der Waals surface area contributed by atoms with E-state index < -0.39 is 27.8 Å². The number of ether oxygens (including phenoxy) is 1. The predicted molar refractivity (Wildman–Crippen MR) is 200 cm³/mol. The van der Waals surface area contributed by atoms with Crippen molar-refractivity contribution in [3.8, 4) is 22.7 Å². The Bertz CT molecular complexity index is 1990. The highest BCUT2D eigenvalue weighted by atomic mass is 31.2. The van der Waals surface area contributed by atoms with Crippen LogP contribution in [0.2, 0.25) is 5.04 Å². The zero-order chi connectivity index (χ0) is 35.2. The van der Waals surface area contributed by atoms with Crippen molar-refractivity contribution in [3.63, 3.8) is 0 Å². The van der Waals surface area contributed by atoms with E-state index in [2.05, 4.69) is 56.6 Å². The molecular formula is C41H42FO5PSi. The van der Waals surface area contributed by atoms with Crippen LogP contribution < -0.4 is 10.4 Å². The van der Waals surface area contributed by atoms with Gasteiger partial charge in [0, 0.05) is 18.2 Å². The lowest BCUT2D eigenvalue weighted by atomic mass is 9.90. The van der Waals surface area contributed by atoms with Crippen molar-refractivity contribution in [1.82, 2.24) is 0 Å². The van der Waals surface area contributed by atoms with Crippen LogP contribution in [-0.4, -0.2) is 40.8 Å². The Kier molecular flexibility index (Phi) is 11.1. The third kappa shape index (κ3) is 7.80. The Morgan fingerprint density at radius 2 is 1.43 bits per heavy atom. The van der Waals surface area contributed by atoms with E-state index in [4.69, 9.17) is 13.7 Å². The van der Waals surface area contributed by atoms with Gasteiger partial charge in [0.25, 0.3) is 15.7 Å². The normalized spacial score (nSPS) is 13.6. The monoisotopic (exact) mass is 692 g/mol. The summed E-state index contributed by atoms with van der Waals surface area (Å²) in [6.45, 7) is 8.38. The van der Waals surface area contributed by atoms with Crippen molar-refractivity contribution in [2.75, 3.05) is 20.4 Å². The average Bonchev–Trinajstić information content (AvgIpc) is 3.10. The summed E-state index contributed by atoms with van der Waals surface area (Å²) in [6, 6.07) is 36.4. The number of methoxy groups -OCH3 is 1. The molecule has 0 bridgehead atoms. The van der Waals surface area contributed by atoms with Gasteiger partial charge in [-0.1, -0.05) is 130 Å². The Labute approximate surface area is 290 Å². The first-order valence-electron chi connectivity index (χ1n) is 16.2. The lowest BCUT2D eigenvalue weighted by Crippen LogP contribution is -2.68. The molecule has 5 aromatic carbocycles. The average molecular weight is 693 g/mol. The molecular weight excluding hydrogens is 651 g/mol. The molecule has 8 heteroatoms. The van der Waals surface area contributed by atoms with E-state index in [0.717, 1.165) is 37.8 Å². The van der Waals surface area contributed by atoms with E-state index in [0.29, 0.717) is 5.56 Å². The van der Waals surface area contributed by atoms with Crippen molar-refractivity contribution >= 4 is 42.8 Å². The lowest BCUT2D eigenvalue weighted by Gasteiger charge is -2.45. The van der Waals surface area contributed by atoms with Crippen LogP contribution in [0.25, 0.3) is 21.9 Å². The van der Waals surface area contributed by atoms with Crippen LogP contribution in [0.4, 0.5) is 4.39 Å². The Morgan fingerprint density at radius 1 is 0.857 bits per heavy atom. The summed E-state index contributed by atoms with van der Waals surface area (Å²) in [5.74, 6) is 2.39. The van der Waals surface area contributed by atoms with Gasteiger partial charge < -0.3 is 13.7 Å². The molecule has 5 rings (SSSR count). The molecule has 0 saturated heterocycles. The van der Waals surface area contributed by atoms with Crippen molar-refractivity contribution in [2.45, 2.75) is 45.3 Å². The number of fused-ring (bicyclic) bond motifs is 1. The number of rotatable bonds is 10. The molecule has 0 radical (unpaired) electrons. The lowest BCUT2D eigenvalue weighted by molar-refractivity contribution is -0.142. The van der Waals surface area contributed by atoms with Gasteiger partial charge >= 0.3 is 5.97 Å². The first-order chi connectivity index (χ1) is 23.4. The molecule has 1 unspecified atom stereocenters. The fourth-order valence-corrected chi connectivity index (χ4v) is 12.7. The molecule has 0 heterocycles. The fraction of sp³-hybridized carbons (Fsp3) is 0.244. The third-order valence-corrected chi connectivity index (χ3v) is 15.9. The minimum absolute atomic E-state index is 0.130. The maximum absolute atomic E-state index is 14.6. The summed E-state index contributed by atoms with van der Waals surface area (Å²) < 4.78 is 46.7. The van der Waals surface area contributed by atoms with Gasteiger partial charge in [0.05, 0.1) is 25.8 Å². The number of halogens is 1. The topological polar surface area (TPSA) is 61.8 Å². The second-order valence-electron chi connectivity index (χ2n) is 13.1. The summed E-state index contributed by atoms with van der Waals surface area (Å²) in [4.78, 5) is 12.9. The summed E-state index contributed by atoms with van der Waals surface area (Å²) in [5, 5.41) is 3.61. The van der Waals surface area contributed by atoms with Gasteiger partial charge in [0.15, 0.2) is 0 Å². The maximum Gasteiger partial charge on any atom is 0.308 e. The molecule has 0 spiro atoms. The van der Waals surface area contributed by atoms with Gasteiger partial charge in [-0.2, -0.15) is 0 Å². The van der Waals surface area contributed by atoms with Gasteiger partial charge in [-0.05, 0) is 62.0 Å². The molecule has 0 aromatic heterocycles. The molecule has 49 heavy (non-hydrogen) atoms. The Balaban J connectivity index is 1.64. The summed E-state index contributed by atoms with van der Waals surface area (Å²) in [7, 11) is -4.19. The van der Waals surface area contributed by atoms with Crippen LogP contribution in [-0.2, 0) is 23.0 Å². The summed E-state index contributed by atoms with van der Waals surface area (Å²) in [5.41, 5.74) is 6.16. The van der Waals surface area contributed by atoms with Gasteiger partial charge in [-0.3, -0.25) is 9.36 Å². The minimum atomic E-state index is -3.74. The van der Waals surface area contributed by atoms with E-state index >= 15 is 0 Å². The van der Waals surface area contributed by atoms with Gasteiger partial charge in [-0.25, -0.2) is 4.39 Å². The van der Waals surface area contributed by atoms with E-state index in [1.807, 2.05) is 73.7 Å². The molecule has 0 aliphatic heterocycles. The zero-order valence-electron chi connectivity index (χ0n) is 28.8. The van der Waals surface area contributed by atoms with Crippen LogP contribution in [0.5, 0.6) is 0 Å². The molecule has 5 nitrogen and oxygen atoms in total. The molecule has 252 valence electrons. The molecule has 0 saturated carbocycles. The molecule has 0 N–H and O–H groups in total. The number of hydrogen-bond acceptors (Lipinski definition) is 5. The van der Waals surface area contributed by atoms with Crippen LogP contribution in [0.3, 0.4) is 0 Å². The number of carbonyl (C=O) groups excluding carboxylic acids is 1. The molecule has 0 amide bonds. The Morgan fingerprint density at radius 3 is 1.98 bits per heavy atom. The first kappa shape index (κ1) is 36.0. The third-order valence-electron chi connectivity index (χ3n) is 8.85. The standard InChI is InChI=1S/C41H42FO5PSi/c1-30-27-32-15-13-14-20-38(32)40(31-21-23-33(42)24-22-31)37(30)25-26-48(44,46-6)29-34(28-39(43)45-5)47-49(41(2,3)4,35-16-9-7-10-17-35)36-18-11-8-12-19-36/h7-24,27,34H,28-29H2,1-6H3/t34-,48?/m0/s1. The van der Waals surface area contributed by atoms with Gasteiger partial charge in [-0.15, -0.1) is 0 Å². The number of carbonyl (C=O) groups is 1. The second-order valence-corrected chi connectivity index (χ2v) is 19.7. The highest BCUT2D eigenvalue weighted by Gasteiger charge is 2.52. The second kappa shape index (κ2) is 15.1. The van der Waals surface area contributed by atoms with Crippen molar-refractivity contribution in [1.29, 1.82) is 0 Å². The molecule has 0 fully saturated rings. The zero-order valence-corrected chi connectivity index (χ0v) is 30.7. The van der Waals surface area contributed by atoms with Crippen LogP contribution in [0, 0.1) is 24.3 Å². The molecule has 0 aliphatic carbocycles. The summed E-state index contributed by atoms with van der Waals surface area (Å²) in [6.07, 6.45) is -1.10. The Hall–Kier alpha value is -4.31. The fourth-order valence-electron chi connectivity index (χ4n) is 6.49. The van der Waals surface area contributed by atoms with E-state index in [1.54, 1.807) is 12.1 Å².